The van der Waals surface area contributed by atoms with Gasteiger partial charge in [0.1, 0.15) is 0 Å². The number of epoxide rings is 1. The van der Waals surface area contributed by atoms with Gasteiger partial charge in [0.25, 0.3) is 0 Å². The van der Waals surface area contributed by atoms with Crippen molar-refractivity contribution in [1.29, 1.82) is 0 Å². The smallest absolute Gasteiger partial charge is 0.305 e. The van der Waals surface area contributed by atoms with E-state index in [0.29, 0.717) is 36.9 Å². The molecule has 0 aromatic heterocycles. The van der Waals surface area contributed by atoms with Crippen molar-refractivity contribution < 1.29 is 23.8 Å². The monoisotopic (exact) mass is 256 g/mol. The molecule has 0 aromatic rings. The molecule has 1 saturated carbocycles. The maximum absolute atomic E-state index is 11.1. The molecule has 0 radical (unpaired) electrons. The number of ether oxygens (including phenoxy) is 3. The molecular weight excluding hydrogens is 236 g/mol. The summed E-state index contributed by atoms with van der Waals surface area (Å²) in [4.78, 5) is 22.2. The van der Waals surface area contributed by atoms with Crippen molar-refractivity contribution in [1.82, 2.24) is 0 Å². The van der Waals surface area contributed by atoms with Crippen molar-refractivity contribution in [3.8, 4) is 0 Å². The summed E-state index contributed by atoms with van der Waals surface area (Å²) in [6.45, 7) is 0. The minimum Gasteiger partial charge on any atom is -0.469 e. The Kier molecular flexibility index (Phi) is 4.22. The lowest BCUT2D eigenvalue weighted by atomic mass is 9.95. The molecule has 4 unspecified atom stereocenters. The van der Waals surface area contributed by atoms with E-state index in [1.165, 1.54) is 14.2 Å². The number of hydrogen-bond donors (Lipinski definition) is 0. The lowest BCUT2D eigenvalue weighted by Crippen LogP contribution is -2.11. The third-order valence-corrected chi connectivity index (χ3v) is 3.99. The van der Waals surface area contributed by atoms with Crippen LogP contribution in [0.25, 0.3) is 0 Å². The van der Waals surface area contributed by atoms with Crippen molar-refractivity contribution in [3.63, 3.8) is 0 Å². The fourth-order valence-electron chi connectivity index (χ4n) is 2.93. The van der Waals surface area contributed by atoms with Crippen LogP contribution in [-0.4, -0.2) is 38.4 Å². The third-order valence-electron chi connectivity index (χ3n) is 3.99. The number of fused-ring (bicyclic) bond motifs is 1. The van der Waals surface area contributed by atoms with Crippen LogP contribution in [0.3, 0.4) is 0 Å². The van der Waals surface area contributed by atoms with Crippen LogP contribution in [0, 0.1) is 11.8 Å². The van der Waals surface area contributed by atoms with Crippen LogP contribution in [-0.2, 0) is 23.8 Å². The summed E-state index contributed by atoms with van der Waals surface area (Å²) in [5.74, 6) is 0.559. The minimum atomic E-state index is -0.162. The fraction of sp³-hybridized carbons (Fsp3) is 0.846. The van der Waals surface area contributed by atoms with E-state index in [-0.39, 0.29) is 11.9 Å². The second-order valence-electron chi connectivity index (χ2n) is 5.05. The molecule has 5 heteroatoms. The summed E-state index contributed by atoms with van der Waals surface area (Å²) in [6.07, 6.45) is 4.21. The summed E-state index contributed by atoms with van der Waals surface area (Å²) in [6, 6.07) is 0. The van der Waals surface area contributed by atoms with Gasteiger partial charge in [-0.1, -0.05) is 0 Å². The van der Waals surface area contributed by atoms with Gasteiger partial charge < -0.3 is 14.2 Å². The average Bonchev–Trinajstić information content (AvgIpc) is 3.11. The molecule has 1 aliphatic carbocycles. The molecule has 102 valence electrons. The van der Waals surface area contributed by atoms with Gasteiger partial charge in [-0.2, -0.15) is 0 Å². The molecule has 2 rings (SSSR count). The Morgan fingerprint density at radius 2 is 1.44 bits per heavy atom. The highest BCUT2D eigenvalue weighted by molar-refractivity contribution is 5.69. The highest BCUT2D eigenvalue weighted by atomic mass is 16.6. The Balaban J connectivity index is 1.71. The van der Waals surface area contributed by atoms with Gasteiger partial charge in [0, 0.05) is 12.8 Å². The Hall–Kier alpha value is -1.10. The normalized spacial score (nSPS) is 32.8. The van der Waals surface area contributed by atoms with Crippen molar-refractivity contribution in [2.45, 2.75) is 44.3 Å². The first-order chi connectivity index (χ1) is 8.65. The average molecular weight is 256 g/mol. The van der Waals surface area contributed by atoms with Crippen LogP contribution in [0.5, 0.6) is 0 Å². The number of hydrogen-bond acceptors (Lipinski definition) is 5. The predicted molar refractivity (Wildman–Crippen MR) is 62.8 cm³/mol. The molecule has 5 nitrogen and oxygen atoms in total. The standard InChI is InChI=1S/C13H20O5/c1-16-10(14)5-3-8-7-9(13-12(8)18-13)4-6-11(15)17-2/h8-9,12-13H,3-7H2,1-2H3. The molecule has 1 heterocycles. The second-order valence-corrected chi connectivity index (χ2v) is 5.05. The van der Waals surface area contributed by atoms with E-state index in [1.807, 2.05) is 0 Å². The number of rotatable bonds is 6. The second kappa shape index (κ2) is 5.69. The highest BCUT2D eigenvalue weighted by Crippen LogP contribution is 2.50. The van der Waals surface area contributed by atoms with Crippen LogP contribution in [0.15, 0.2) is 0 Å². The topological polar surface area (TPSA) is 65.1 Å². The number of esters is 2. The number of methoxy groups -OCH3 is 2. The molecule has 0 aromatic carbocycles. The SMILES string of the molecule is COC(=O)CCC1CC(CCC(=O)OC)C2OC12. The Bertz CT molecular complexity index is 297. The molecule has 4 atom stereocenters. The van der Waals surface area contributed by atoms with E-state index in [9.17, 15) is 9.59 Å². The van der Waals surface area contributed by atoms with Gasteiger partial charge >= 0.3 is 11.9 Å². The van der Waals surface area contributed by atoms with Crippen LogP contribution in [0.4, 0.5) is 0 Å². The molecular formula is C13H20O5. The molecule has 1 aliphatic heterocycles. The molecule has 0 bridgehead atoms. The Labute approximate surface area is 107 Å². The van der Waals surface area contributed by atoms with E-state index in [2.05, 4.69) is 9.47 Å². The Morgan fingerprint density at radius 1 is 1.00 bits per heavy atom. The molecule has 0 N–H and O–H groups in total. The summed E-state index contributed by atoms with van der Waals surface area (Å²) < 4.78 is 14.9. The molecule has 0 spiro atoms. The van der Waals surface area contributed by atoms with Crippen molar-refractivity contribution in [2.24, 2.45) is 11.8 Å². The molecule has 1 saturated heterocycles. The third kappa shape index (κ3) is 3.02. The highest BCUT2D eigenvalue weighted by Gasteiger charge is 2.55. The van der Waals surface area contributed by atoms with Gasteiger partial charge in [-0.15, -0.1) is 0 Å². The van der Waals surface area contributed by atoms with Crippen LogP contribution in [0.1, 0.15) is 32.1 Å². The van der Waals surface area contributed by atoms with Crippen molar-refractivity contribution >= 4 is 11.9 Å². The van der Waals surface area contributed by atoms with E-state index in [4.69, 9.17) is 4.74 Å². The summed E-state index contributed by atoms with van der Waals surface area (Å²) in [7, 11) is 2.82. The summed E-state index contributed by atoms with van der Waals surface area (Å²) >= 11 is 0. The van der Waals surface area contributed by atoms with E-state index in [1.54, 1.807) is 0 Å². The zero-order valence-electron chi connectivity index (χ0n) is 10.9. The Morgan fingerprint density at radius 3 is 1.83 bits per heavy atom. The van der Waals surface area contributed by atoms with Gasteiger partial charge in [-0.05, 0) is 31.1 Å². The maximum Gasteiger partial charge on any atom is 0.305 e. The van der Waals surface area contributed by atoms with Crippen LogP contribution in [0.2, 0.25) is 0 Å². The van der Waals surface area contributed by atoms with Gasteiger partial charge in [0.05, 0.1) is 26.4 Å². The van der Waals surface area contributed by atoms with Gasteiger partial charge in [0.15, 0.2) is 0 Å². The zero-order chi connectivity index (χ0) is 13.1. The van der Waals surface area contributed by atoms with Gasteiger partial charge in [-0.25, -0.2) is 0 Å². The first-order valence-electron chi connectivity index (χ1n) is 6.44. The lowest BCUT2D eigenvalue weighted by Gasteiger charge is -2.14. The van der Waals surface area contributed by atoms with Crippen LogP contribution >= 0.6 is 0 Å². The molecule has 2 fully saturated rings. The van der Waals surface area contributed by atoms with Gasteiger partial charge in [-0.3, -0.25) is 9.59 Å². The number of carbonyl (C=O) groups is 2. The van der Waals surface area contributed by atoms with Crippen LogP contribution < -0.4 is 0 Å². The summed E-state index contributed by atoms with van der Waals surface area (Å²) in [5, 5.41) is 0. The molecule has 2 aliphatic rings. The zero-order valence-corrected chi connectivity index (χ0v) is 10.9. The predicted octanol–water partition coefficient (Wildman–Crippen LogP) is 1.30. The first kappa shape index (κ1) is 13.3. The van der Waals surface area contributed by atoms with E-state index >= 15 is 0 Å². The largest absolute Gasteiger partial charge is 0.469 e. The molecule has 0 amide bonds. The fourth-order valence-corrected chi connectivity index (χ4v) is 2.93. The first-order valence-corrected chi connectivity index (χ1v) is 6.44. The van der Waals surface area contributed by atoms with Crippen molar-refractivity contribution in [3.05, 3.63) is 0 Å². The van der Waals surface area contributed by atoms with E-state index in [0.717, 1.165) is 19.3 Å². The number of carbonyl (C=O) groups excluding carboxylic acids is 2. The quantitative estimate of drug-likeness (QED) is 0.529. The summed E-state index contributed by atoms with van der Waals surface area (Å²) in [5.41, 5.74) is 0. The minimum absolute atomic E-state index is 0.162. The molecule has 18 heavy (non-hydrogen) atoms. The van der Waals surface area contributed by atoms with Gasteiger partial charge in [0.2, 0.25) is 0 Å². The van der Waals surface area contributed by atoms with Crippen molar-refractivity contribution in [2.75, 3.05) is 14.2 Å². The lowest BCUT2D eigenvalue weighted by molar-refractivity contribution is -0.141. The maximum atomic E-state index is 11.1. The van der Waals surface area contributed by atoms with E-state index < -0.39 is 0 Å².